The van der Waals surface area contributed by atoms with Crippen LogP contribution in [0.1, 0.15) is 29.7 Å². The molecule has 0 unspecified atom stereocenters. The van der Waals surface area contributed by atoms with Gasteiger partial charge in [0.2, 0.25) is 5.91 Å². The Bertz CT molecular complexity index is 977. The molecule has 7 heteroatoms. The third kappa shape index (κ3) is 2.96. The lowest BCUT2D eigenvalue weighted by Crippen LogP contribution is -2.70. The van der Waals surface area contributed by atoms with Crippen LogP contribution in [0.3, 0.4) is 0 Å². The Kier molecular flexibility index (Phi) is 4.42. The number of para-hydroxylation sites is 1. The number of rotatable bonds is 3. The molecule has 2 heterocycles. The fraction of sp³-hybridized carbons (Fsp3) is 0.333. The molecule has 2 aliphatic heterocycles. The first-order valence-corrected chi connectivity index (χ1v) is 9.56. The summed E-state index contributed by atoms with van der Waals surface area (Å²) in [7, 11) is 1.60. The Morgan fingerprint density at radius 1 is 1.29 bits per heavy atom. The number of hydrogen-bond acceptors (Lipinski definition) is 4. The summed E-state index contributed by atoms with van der Waals surface area (Å²) >= 11 is 5.36. The molecule has 6 nitrogen and oxygen atoms in total. The van der Waals surface area contributed by atoms with Gasteiger partial charge in [-0.15, -0.1) is 0 Å². The molecule has 3 N–H and O–H groups in total. The lowest BCUT2D eigenvalue weighted by atomic mass is 9.79. The van der Waals surface area contributed by atoms with E-state index >= 15 is 0 Å². The fourth-order valence-electron chi connectivity index (χ4n) is 4.05. The molecule has 28 heavy (non-hydrogen) atoms. The van der Waals surface area contributed by atoms with Crippen molar-refractivity contribution in [2.24, 2.45) is 5.92 Å². The van der Waals surface area contributed by atoms with Crippen molar-refractivity contribution in [1.82, 2.24) is 10.6 Å². The summed E-state index contributed by atoms with van der Waals surface area (Å²) in [5.74, 6) is 0.559. The van der Waals surface area contributed by atoms with Crippen molar-refractivity contribution in [3.8, 4) is 11.5 Å². The van der Waals surface area contributed by atoms with Crippen molar-refractivity contribution in [1.29, 1.82) is 0 Å². The van der Waals surface area contributed by atoms with E-state index in [1.54, 1.807) is 7.11 Å². The Labute approximate surface area is 169 Å². The number of amides is 1. The van der Waals surface area contributed by atoms with E-state index in [0.29, 0.717) is 16.6 Å². The predicted molar refractivity (Wildman–Crippen MR) is 112 cm³/mol. The van der Waals surface area contributed by atoms with Crippen LogP contribution >= 0.6 is 12.2 Å². The topological polar surface area (TPSA) is 71.6 Å². The average molecular weight is 398 g/mol. The maximum atomic E-state index is 13.3. The van der Waals surface area contributed by atoms with Crippen molar-refractivity contribution in [2.45, 2.75) is 32.5 Å². The largest absolute Gasteiger partial charge is 0.493 e. The van der Waals surface area contributed by atoms with E-state index in [4.69, 9.17) is 21.7 Å². The normalized spacial score (nSPS) is 24.9. The first-order valence-electron chi connectivity index (χ1n) is 9.15. The lowest BCUT2D eigenvalue weighted by molar-refractivity contribution is -0.132. The van der Waals surface area contributed by atoms with Gasteiger partial charge in [0.05, 0.1) is 13.2 Å². The van der Waals surface area contributed by atoms with Crippen LogP contribution < -0.4 is 25.4 Å². The third-order valence-corrected chi connectivity index (χ3v) is 5.60. The molecular formula is C21H23N3O3S. The molecule has 4 rings (SSSR count). The van der Waals surface area contributed by atoms with Crippen molar-refractivity contribution < 1.29 is 14.3 Å². The van der Waals surface area contributed by atoms with Gasteiger partial charge in [-0.1, -0.05) is 29.8 Å². The monoisotopic (exact) mass is 397 g/mol. The van der Waals surface area contributed by atoms with Crippen molar-refractivity contribution in [3.63, 3.8) is 0 Å². The summed E-state index contributed by atoms with van der Waals surface area (Å²) in [6.07, 6.45) is 0. The van der Waals surface area contributed by atoms with E-state index in [9.17, 15) is 4.79 Å². The SMILES string of the molecule is COc1cccc2c1O[C@@]1(C)NC(=S)N[C@H]2[C@H]1C(=O)Nc1ccc(C)cc1C. The van der Waals surface area contributed by atoms with Gasteiger partial charge in [-0.3, -0.25) is 4.79 Å². The minimum absolute atomic E-state index is 0.143. The molecular weight excluding hydrogens is 374 g/mol. The second-order valence-electron chi connectivity index (χ2n) is 7.45. The van der Waals surface area contributed by atoms with Gasteiger partial charge < -0.3 is 25.4 Å². The van der Waals surface area contributed by atoms with Gasteiger partial charge >= 0.3 is 0 Å². The number of thiocarbonyl (C=S) groups is 1. The van der Waals surface area contributed by atoms with Gasteiger partial charge in [0.1, 0.15) is 5.92 Å². The Morgan fingerprint density at radius 3 is 2.79 bits per heavy atom. The highest BCUT2D eigenvalue weighted by molar-refractivity contribution is 7.80. The molecule has 0 aliphatic carbocycles. The fourth-order valence-corrected chi connectivity index (χ4v) is 4.38. The molecule has 3 atom stereocenters. The minimum atomic E-state index is -1.00. The third-order valence-electron chi connectivity index (χ3n) is 5.38. The number of carbonyl (C=O) groups is 1. The van der Waals surface area contributed by atoms with Crippen LogP contribution in [0.4, 0.5) is 5.69 Å². The van der Waals surface area contributed by atoms with E-state index in [0.717, 1.165) is 22.4 Å². The molecule has 1 fully saturated rings. The number of aryl methyl sites for hydroxylation is 2. The van der Waals surface area contributed by atoms with Gasteiger partial charge in [-0.2, -0.15) is 0 Å². The van der Waals surface area contributed by atoms with E-state index in [-0.39, 0.29) is 11.9 Å². The van der Waals surface area contributed by atoms with Crippen LogP contribution in [0.15, 0.2) is 36.4 Å². The summed E-state index contributed by atoms with van der Waals surface area (Å²) in [6.45, 7) is 5.85. The molecule has 1 amide bonds. The molecule has 2 aromatic carbocycles. The lowest BCUT2D eigenvalue weighted by Gasteiger charge is -2.50. The number of anilines is 1. The summed E-state index contributed by atoms with van der Waals surface area (Å²) in [5, 5.41) is 9.90. The molecule has 2 bridgehead atoms. The van der Waals surface area contributed by atoms with Gasteiger partial charge in [0.15, 0.2) is 22.3 Å². The zero-order valence-corrected chi connectivity index (χ0v) is 17.1. The van der Waals surface area contributed by atoms with E-state index in [2.05, 4.69) is 16.0 Å². The Balaban J connectivity index is 1.74. The molecule has 0 saturated carbocycles. The molecule has 0 radical (unpaired) electrons. The number of benzene rings is 2. The van der Waals surface area contributed by atoms with Crippen LogP contribution in [0.2, 0.25) is 0 Å². The summed E-state index contributed by atoms with van der Waals surface area (Å²) in [4.78, 5) is 13.3. The smallest absolute Gasteiger partial charge is 0.236 e. The van der Waals surface area contributed by atoms with Crippen molar-refractivity contribution >= 4 is 28.9 Å². The maximum Gasteiger partial charge on any atom is 0.236 e. The second-order valence-corrected chi connectivity index (χ2v) is 7.86. The van der Waals surface area contributed by atoms with Crippen LogP contribution in [0.25, 0.3) is 0 Å². The number of methoxy groups -OCH3 is 1. The summed E-state index contributed by atoms with van der Waals surface area (Å²) in [5.41, 5.74) is 2.80. The Morgan fingerprint density at radius 2 is 2.07 bits per heavy atom. The number of nitrogens with one attached hydrogen (secondary N) is 3. The second kappa shape index (κ2) is 6.67. The van der Waals surface area contributed by atoms with Crippen LogP contribution in [0, 0.1) is 19.8 Å². The van der Waals surface area contributed by atoms with E-state index in [1.807, 2.05) is 57.2 Å². The highest BCUT2D eigenvalue weighted by atomic mass is 32.1. The van der Waals surface area contributed by atoms with E-state index < -0.39 is 11.6 Å². The van der Waals surface area contributed by atoms with Crippen LogP contribution in [-0.4, -0.2) is 23.9 Å². The quantitative estimate of drug-likeness (QED) is 0.691. The Hall–Kier alpha value is -2.80. The number of ether oxygens (including phenoxy) is 2. The first-order chi connectivity index (χ1) is 13.3. The van der Waals surface area contributed by atoms with Gasteiger partial charge in [-0.25, -0.2) is 0 Å². The van der Waals surface area contributed by atoms with Crippen molar-refractivity contribution in [3.05, 3.63) is 53.1 Å². The highest BCUT2D eigenvalue weighted by Gasteiger charge is 2.55. The van der Waals surface area contributed by atoms with E-state index in [1.165, 1.54) is 0 Å². The average Bonchev–Trinajstić information content (AvgIpc) is 2.62. The molecule has 2 aromatic rings. The number of fused-ring (bicyclic) bond motifs is 4. The first kappa shape index (κ1) is 18.6. The van der Waals surface area contributed by atoms with Crippen LogP contribution in [-0.2, 0) is 4.79 Å². The van der Waals surface area contributed by atoms with Crippen molar-refractivity contribution in [2.75, 3.05) is 12.4 Å². The molecule has 0 aromatic heterocycles. The zero-order valence-electron chi connectivity index (χ0n) is 16.3. The number of carbonyl (C=O) groups excluding carboxylic acids is 1. The molecule has 0 spiro atoms. The number of hydrogen-bond donors (Lipinski definition) is 3. The van der Waals surface area contributed by atoms with Gasteiger partial charge in [-0.05, 0) is 50.7 Å². The summed E-state index contributed by atoms with van der Waals surface area (Å²) < 4.78 is 11.7. The minimum Gasteiger partial charge on any atom is -0.493 e. The maximum absolute atomic E-state index is 13.3. The standard InChI is InChI=1S/C21H23N3O3S/c1-11-8-9-14(12(2)10-11)22-19(25)16-17-13-6-5-7-15(26-4)18(13)27-21(16,3)24-20(28)23-17/h5-10,16-17H,1-4H3,(H,22,25)(H2,23,24,28)/t16-,17+,21+/m0/s1. The van der Waals surface area contributed by atoms with Gasteiger partial charge in [0, 0.05) is 11.3 Å². The zero-order chi connectivity index (χ0) is 20.1. The van der Waals surface area contributed by atoms with Crippen LogP contribution in [0.5, 0.6) is 11.5 Å². The molecule has 1 saturated heterocycles. The molecule has 146 valence electrons. The molecule has 2 aliphatic rings. The highest BCUT2D eigenvalue weighted by Crippen LogP contribution is 2.48. The van der Waals surface area contributed by atoms with Gasteiger partial charge in [0.25, 0.3) is 0 Å². The summed E-state index contributed by atoms with van der Waals surface area (Å²) in [6, 6.07) is 11.3. The predicted octanol–water partition coefficient (Wildman–Crippen LogP) is 3.19.